The maximum atomic E-state index is 11.5. The summed E-state index contributed by atoms with van der Waals surface area (Å²) in [5, 5.41) is 0. The second kappa shape index (κ2) is 5.21. The SMILES string of the molecule is Cc1ccc(C(CS(C)(=O)=O)C(C)C)cc1C. The molecule has 96 valence electrons. The molecular formula is C14H22O2S. The highest BCUT2D eigenvalue weighted by Gasteiger charge is 2.21. The molecule has 1 atom stereocenters. The van der Waals surface area contributed by atoms with Crippen molar-refractivity contribution in [3.63, 3.8) is 0 Å². The molecule has 1 aromatic carbocycles. The molecule has 0 aliphatic heterocycles. The van der Waals surface area contributed by atoms with Gasteiger partial charge in [-0.25, -0.2) is 8.42 Å². The number of hydrogen-bond donors (Lipinski definition) is 0. The summed E-state index contributed by atoms with van der Waals surface area (Å²) >= 11 is 0. The summed E-state index contributed by atoms with van der Waals surface area (Å²) in [7, 11) is -2.94. The van der Waals surface area contributed by atoms with Gasteiger partial charge in [0.1, 0.15) is 9.84 Å². The molecule has 1 aromatic rings. The van der Waals surface area contributed by atoms with Gasteiger partial charge >= 0.3 is 0 Å². The lowest BCUT2D eigenvalue weighted by Crippen LogP contribution is -2.18. The third-order valence-electron chi connectivity index (χ3n) is 3.25. The van der Waals surface area contributed by atoms with E-state index in [0.29, 0.717) is 5.92 Å². The van der Waals surface area contributed by atoms with E-state index in [1.807, 2.05) is 0 Å². The van der Waals surface area contributed by atoms with Gasteiger partial charge in [0.05, 0.1) is 5.75 Å². The zero-order chi connectivity index (χ0) is 13.2. The van der Waals surface area contributed by atoms with Crippen molar-refractivity contribution in [1.29, 1.82) is 0 Å². The largest absolute Gasteiger partial charge is 0.229 e. The summed E-state index contributed by atoms with van der Waals surface area (Å²) in [4.78, 5) is 0. The topological polar surface area (TPSA) is 34.1 Å². The Bertz CT molecular complexity index is 487. The fraction of sp³-hybridized carbons (Fsp3) is 0.571. The summed E-state index contributed by atoms with van der Waals surface area (Å²) in [6, 6.07) is 6.24. The Labute approximate surface area is 105 Å². The Balaban J connectivity index is 3.10. The third-order valence-corrected chi connectivity index (χ3v) is 4.21. The molecule has 0 amide bonds. The van der Waals surface area contributed by atoms with Gasteiger partial charge in [-0.1, -0.05) is 32.0 Å². The van der Waals surface area contributed by atoms with E-state index >= 15 is 0 Å². The summed E-state index contributed by atoms with van der Waals surface area (Å²) in [5.41, 5.74) is 3.60. The van der Waals surface area contributed by atoms with E-state index < -0.39 is 9.84 Å². The first kappa shape index (κ1) is 14.2. The average molecular weight is 254 g/mol. The van der Waals surface area contributed by atoms with Crippen LogP contribution in [0.1, 0.15) is 36.5 Å². The van der Waals surface area contributed by atoms with Crippen LogP contribution in [-0.2, 0) is 9.84 Å². The van der Waals surface area contributed by atoms with Crippen LogP contribution in [0.15, 0.2) is 18.2 Å². The number of hydrogen-bond acceptors (Lipinski definition) is 2. The standard InChI is InChI=1S/C14H22O2S/c1-10(2)14(9-17(5,15)16)13-7-6-11(3)12(4)8-13/h6-8,10,14H,9H2,1-5H3. The van der Waals surface area contributed by atoms with Crippen molar-refractivity contribution in [1.82, 2.24) is 0 Å². The van der Waals surface area contributed by atoms with Gasteiger partial charge in [0.2, 0.25) is 0 Å². The molecule has 0 fully saturated rings. The van der Waals surface area contributed by atoms with Gasteiger partial charge in [0.25, 0.3) is 0 Å². The highest BCUT2D eigenvalue weighted by atomic mass is 32.2. The van der Waals surface area contributed by atoms with Gasteiger partial charge in [-0.05, 0) is 36.5 Å². The molecule has 0 aliphatic rings. The van der Waals surface area contributed by atoms with Crippen LogP contribution in [-0.4, -0.2) is 20.4 Å². The van der Waals surface area contributed by atoms with Crippen molar-refractivity contribution in [2.75, 3.05) is 12.0 Å². The maximum absolute atomic E-state index is 11.5. The van der Waals surface area contributed by atoms with Crippen LogP contribution in [0.5, 0.6) is 0 Å². The molecule has 0 saturated heterocycles. The summed E-state index contributed by atoms with van der Waals surface area (Å²) in [6.07, 6.45) is 1.31. The van der Waals surface area contributed by atoms with E-state index in [9.17, 15) is 8.42 Å². The summed E-state index contributed by atoms with van der Waals surface area (Å²) in [6.45, 7) is 8.28. The van der Waals surface area contributed by atoms with E-state index in [2.05, 4.69) is 45.9 Å². The molecule has 0 aromatic heterocycles. The van der Waals surface area contributed by atoms with Gasteiger partial charge in [0, 0.05) is 12.2 Å². The lowest BCUT2D eigenvalue weighted by molar-refractivity contribution is 0.522. The van der Waals surface area contributed by atoms with Crippen molar-refractivity contribution >= 4 is 9.84 Å². The maximum Gasteiger partial charge on any atom is 0.148 e. The Morgan fingerprint density at radius 2 is 1.71 bits per heavy atom. The Morgan fingerprint density at radius 1 is 1.12 bits per heavy atom. The molecule has 0 spiro atoms. The quantitative estimate of drug-likeness (QED) is 0.827. The predicted molar refractivity (Wildman–Crippen MR) is 73.2 cm³/mol. The molecule has 1 rings (SSSR count). The van der Waals surface area contributed by atoms with Crippen LogP contribution in [0.3, 0.4) is 0 Å². The van der Waals surface area contributed by atoms with Gasteiger partial charge in [0.15, 0.2) is 0 Å². The average Bonchev–Trinajstić information content (AvgIpc) is 2.17. The van der Waals surface area contributed by atoms with Crippen molar-refractivity contribution in [3.8, 4) is 0 Å². The van der Waals surface area contributed by atoms with Gasteiger partial charge < -0.3 is 0 Å². The van der Waals surface area contributed by atoms with Crippen molar-refractivity contribution < 1.29 is 8.42 Å². The molecule has 0 bridgehead atoms. The molecule has 0 N–H and O–H groups in total. The highest BCUT2D eigenvalue weighted by Crippen LogP contribution is 2.27. The van der Waals surface area contributed by atoms with E-state index in [1.54, 1.807) is 0 Å². The minimum atomic E-state index is -2.94. The summed E-state index contributed by atoms with van der Waals surface area (Å²) < 4.78 is 22.9. The number of benzene rings is 1. The van der Waals surface area contributed by atoms with Crippen molar-refractivity contribution in [2.24, 2.45) is 5.92 Å². The summed E-state index contributed by atoms with van der Waals surface area (Å²) in [5.74, 6) is 0.642. The first-order chi connectivity index (χ1) is 7.70. The predicted octanol–water partition coefficient (Wildman–Crippen LogP) is 3.09. The van der Waals surface area contributed by atoms with Crippen LogP contribution < -0.4 is 0 Å². The Hall–Kier alpha value is -0.830. The number of rotatable bonds is 4. The third kappa shape index (κ3) is 4.15. The second-order valence-corrected chi connectivity index (χ2v) is 7.47. The van der Waals surface area contributed by atoms with Crippen LogP contribution in [0.4, 0.5) is 0 Å². The van der Waals surface area contributed by atoms with Gasteiger partial charge in [-0.2, -0.15) is 0 Å². The van der Waals surface area contributed by atoms with Gasteiger partial charge in [-0.3, -0.25) is 0 Å². The van der Waals surface area contributed by atoms with E-state index in [0.717, 1.165) is 5.56 Å². The molecule has 3 heteroatoms. The molecule has 1 unspecified atom stereocenters. The monoisotopic (exact) mass is 254 g/mol. The molecule has 0 heterocycles. The minimum Gasteiger partial charge on any atom is -0.229 e. The number of aryl methyl sites for hydroxylation is 2. The molecule has 0 radical (unpaired) electrons. The zero-order valence-electron chi connectivity index (χ0n) is 11.3. The second-order valence-electron chi connectivity index (χ2n) is 5.29. The molecule has 2 nitrogen and oxygen atoms in total. The lowest BCUT2D eigenvalue weighted by atomic mass is 9.88. The molecule has 17 heavy (non-hydrogen) atoms. The van der Waals surface area contributed by atoms with Crippen molar-refractivity contribution in [2.45, 2.75) is 33.6 Å². The minimum absolute atomic E-state index is 0.0873. The normalized spacial score (nSPS) is 14.0. The molecule has 0 saturated carbocycles. The first-order valence-electron chi connectivity index (χ1n) is 5.95. The Morgan fingerprint density at radius 3 is 2.12 bits per heavy atom. The first-order valence-corrected chi connectivity index (χ1v) is 8.01. The van der Waals surface area contributed by atoms with E-state index in [1.165, 1.54) is 17.4 Å². The van der Waals surface area contributed by atoms with Gasteiger partial charge in [-0.15, -0.1) is 0 Å². The van der Waals surface area contributed by atoms with E-state index in [4.69, 9.17) is 0 Å². The molecule has 0 aliphatic carbocycles. The lowest BCUT2D eigenvalue weighted by Gasteiger charge is -2.21. The number of sulfone groups is 1. The fourth-order valence-electron chi connectivity index (χ4n) is 1.99. The highest BCUT2D eigenvalue weighted by molar-refractivity contribution is 7.90. The van der Waals surface area contributed by atoms with Crippen molar-refractivity contribution in [3.05, 3.63) is 34.9 Å². The smallest absolute Gasteiger partial charge is 0.148 e. The molecular weight excluding hydrogens is 232 g/mol. The fourth-order valence-corrected chi connectivity index (χ4v) is 3.22. The van der Waals surface area contributed by atoms with Crippen LogP contribution in [0.2, 0.25) is 0 Å². The Kier molecular flexibility index (Phi) is 4.36. The zero-order valence-corrected chi connectivity index (χ0v) is 12.1. The van der Waals surface area contributed by atoms with Crippen LogP contribution >= 0.6 is 0 Å². The van der Waals surface area contributed by atoms with E-state index in [-0.39, 0.29) is 11.7 Å². The van der Waals surface area contributed by atoms with Crippen LogP contribution in [0, 0.1) is 19.8 Å². The van der Waals surface area contributed by atoms with Crippen LogP contribution in [0.25, 0.3) is 0 Å².